The van der Waals surface area contributed by atoms with Crippen LogP contribution in [0.25, 0.3) is 66.8 Å². The van der Waals surface area contributed by atoms with Crippen LogP contribution in [0.3, 0.4) is 0 Å². The average Bonchev–Trinajstić information content (AvgIpc) is 3.69. The predicted molar refractivity (Wildman–Crippen MR) is 184 cm³/mol. The van der Waals surface area contributed by atoms with Gasteiger partial charge < -0.3 is 4.57 Å². The maximum Gasteiger partial charge on any atom is 0.144 e. The second-order valence-electron chi connectivity index (χ2n) is 11.5. The molecule has 0 radical (unpaired) electrons. The number of aromatic nitrogens is 3. The first kappa shape index (κ1) is 26.0. The molecular formula is C41H31N3. The molecule has 210 valence electrons. The lowest BCUT2D eigenvalue weighted by Gasteiger charge is -2.16. The fraction of sp³-hybridized carbons (Fsp3) is 0.0488. The zero-order chi connectivity index (χ0) is 29.6. The molecule has 0 bridgehead atoms. The van der Waals surface area contributed by atoms with Gasteiger partial charge in [-0.2, -0.15) is 0 Å². The van der Waals surface area contributed by atoms with Gasteiger partial charge in [-0.1, -0.05) is 96.6 Å². The molecule has 44 heavy (non-hydrogen) atoms. The lowest BCUT2D eigenvalue weighted by atomic mass is 9.92. The average molecular weight is 566 g/mol. The third kappa shape index (κ3) is 4.33. The summed E-state index contributed by atoms with van der Waals surface area (Å²) in [5, 5.41) is 2.50. The van der Waals surface area contributed by atoms with Crippen molar-refractivity contribution in [2.45, 2.75) is 13.8 Å². The van der Waals surface area contributed by atoms with E-state index in [1.54, 1.807) is 0 Å². The Hall–Kier alpha value is -5.67. The highest BCUT2D eigenvalue weighted by Gasteiger charge is 2.19. The monoisotopic (exact) mass is 565 g/mol. The SMILES string of the molecule is Cc1ccc(-n2ccnc2-c2ccc(-n3c4ccccc4c4cc(-c5ccccc5)c(-c5ccccc5)cc43)c(C)c2)cc1. The van der Waals surface area contributed by atoms with Gasteiger partial charge in [0.05, 0.1) is 11.0 Å². The van der Waals surface area contributed by atoms with Gasteiger partial charge >= 0.3 is 0 Å². The lowest BCUT2D eigenvalue weighted by molar-refractivity contribution is 1.06. The van der Waals surface area contributed by atoms with Crippen LogP contribution in [0.1, 0.15) is 11.1 Å². The van der Waals surface area contributed by atoms with E-state index in [2.05, 4.69) is 163 Å². The third-order valence-electron chi connectivity index (χ3n) is 8.63. The first-order chi connectivity index (χ1) is 21.7. The quantitative estimate of drug-likeness (QED) is 0.204. The van der Waals surface area contributed by atoms with Crippen LogP contribution >= 0.6 is 0 Å². The first-order valence-corrected chi connectivity index (χ1v) is 15.1. The van der Waals surface area contributed by atoms with Crippen molar-refractivity contribution in [1.29, 1.82) is 0 Å². The van der Waals surface area contributed by atoms with E-state index in [1.807, 2.05) is 12.4 Å². The molecule has 8 aromatic rings. The van der Waals surface area contributed by atoms with Crippen molar-refractivity contribution >= 4 is 21.8 Å². The van der Waals surface area contributed by atoms with Crippen LogP contribution in [-0.2, 0) is 0 Å². The van der Waals surface area contributed by atoms with Crippen molar-refractivity contribution in [2.24, 2.45) is 0 Å². The van der Waals surface area contributed by atoms with E-state index in [1.165, 1.54) is 60.9 Å². The van der Waals surface area contributed by atoms with Crippen LogP contribution in [0.15, 0.2) is 152 Å². The van der Waals surface area contributed by atoms with E-state index >= 15 is 0 Å². The Morgan fingerprint density at radius 2 is 1.18 bits per heavy atom. The summed E-state index contributed by atoms with van der Waals surface area (Å²) >= 11 is 0. The molecule has 0 aliphatic rings. The number of rotatable bonds is 5. The second-order valence-corrected chi connectivity index (χ2v) is 11.5. The van der Waals surface area contributed by atoms with Gasteiger partial charge in [0.2, 0.25) is 0 Å². The van der Waals surface area contributed by atoms with E-state index in [4.69, 9.17) is 4.98 Å². The highest BCUT2D eigenvalue weighted by molar-refractivity contribution is 6.12. The van der Waals surface area contributed by atoms with Crippen LogP contribution in [0, 0.1) is 13.8 Å². The number of hydrogen-bond donors (Lipinski definition) is 0. The van der Waals surface area contributed by atoms with Crippen molar-refractivity contribution < 1.29 is 0 Å². The number of aryl methyl sites for hydroxylation is 2. The molecule has 0 saturated carbocycles. The zero-order valence-electron chi connectivity index (χ0n) is 24.8. The topological polar surface area (TPSA) is 22.8 Å². The third-order valence-corrected chi connectivity index (χ3v) is 8.63. The summed E-state index contributed by atoms with van der Waals surface area (Å²) in [7, 11) is 0. The fourth-order valence-corrected chi connectivity index (χ4v) is 6.46. The van der Waals surface area contributed by atoms with Gasteiger partial charge in [-0.3, -0.25) is 4.57 Å². The Morgan fingerprint density at radius 1 is 0.523 bits per heavy atom. The second kappa shape index (κ2) is 10.6. The zero-order valence-corrected chi connectivity index (χ0v) is 24.8. The standard InChI is InChI=1S/C41H31N3/c1-28-17-20-33(21-18-28)43-24-23-42-41(43)32-19-22-38(29(2)25-32)44-39-16-10-9-15-34(39)37-26-35(30-11-5-3-6-12-30)36(27-40(37)44)31-13-7-4-8-14-31/h3-27H,1-2H3. The molecule has 8 rings (SSSR count). The predicted octanol–water partition coefficient (Wildman–Crippen LogP) is 10.6. The summed E-state index contributed by atoms with van der Waals surface area (Å²) in [6.45, 7) is 4.32. The van der Waals surface area contributed by atoms with Gasteiger partial charge in [0.1, 0.15) is 5.82 Å². The number of benzene rings is 6. The molecule has 3 heteroatoms. The van der Waals surface area contributed by atoms with E-state index in [-0.39, 0.29) is 0 Å². The Labute approximate surface area is 257 Å². The van der Waals surface area contributed by atoms with Gasteiger partial charge in [-0.05, 0) is 90.2 Å². The molecular weight excluding hydrogens is 534 g/mol. The number of fused-ring (bicyclic) bond motifs is 3. The molecule has 0 spiro atoms. The molecule has 2 aromatic heterocycles. The summed E-state index contributed by atoms with van der Waals surface area (Å²) in [5.74, 6) is 0.935. The van der Waals surface area contributed by atoms with Gasteiger partial charge in [0.15, 0.2) is 0 Å². The number of hydrogen-bond acceptors (Lipinski definition) is 1. The van der Waals surface area contributed by atoms with Crippen LogP contribution in [-0.4, -0.2) is 14.1 Å². The highest BCUT2D eigenvalue weighted by Crippen LogP contribution is 2.41. The summed E-state index contributed by atoms with van der Waals surface area (Å²) in [6, 6.07) is 50.3. The van der Waals surface area contributed by atoms with Crippen molar-refractivity contribution in [3.05, 3.63) is 163 Å². The summed E-state index contributed by atoms with van der Waals surface area (Å²) in [5.41, 5.74) is 13.1. The minimum Gasteiger partial charge on any atom is -0.309 e. The molecule has 2 heterocycles. The molecule has 0 aliphatic carbocycles. The fourth-order valence-electron chi connectivity index (χ4n) is 6.46. The van der Waals surface area contributed by atoms with Crippen molar-refractivity contribution in [3.63, 3.8) is 0 Å². The smallest absolute Gasteiger partial charge is 0.144 e. The Morgan fingerprint density at radius 3 is 1.89 bits per heavy atom. The summed E-state index contributed by atoms with van der Waals surface area (Å²) in [4.78, 5) is 4.76. The van der Waals surface area contributed by atoms with E-state index in [9.17, 15) is 0 Å². The largest absolute Gasteiger partial charge is 0.309 e. The Bertz CT molecular complexity index is 2270. The normalized spacial score (nSPS) is 11.4. The van der Waals surface area contributed by atoms with Crippen molar-refractivity contribution in [2.75, 3.05) is 0 Å². The molecule has 3 nitrogen and oxygen atoms in total. The first-order valence-electron chi connectivity index (χ1n) is 15.1. The number of para-hydroxylation sites is 1. The highest BCUT2D eigenvalue weighted by atomic mass is 15.1. The molecule has 0 unspecified atom stereocenters. The summed E-state index contributed by atoms with van der Waals surface area (Å²) in [6.07, 6.45) is 3.91. The van der Waals surface area contributed by atoms with Crippen LogP contribution < -0.4 is 0 Å². The molecule has 0 amide bonds. The minimum atomic E-state index is 0.935. The molecule has 6 aromatic carbocycles. The van der Waals surface area contributed by atoms with Gasteiger partial charge in [-0.25, -0.2) is 4.98 Å². The maximum atomic E-state index is 4.76. The van der Waals surface area contributed by atoms with Gasteiger partial charge in [0, 0.05) is 40.1 Å². The van der Waals surface area contributed by atoms with Crippen molar-refractivity contribution in [3.8, 4) is 45.0 Å². The van der Waals surface area contributed by atoms with E-state index in [0.717, 1.165) is 17.1 Å². The molecule has 0 saturated heterocycles. The van der Waals surface area contributed by atoms with Gasteiger partial charge in [-0.15, -0.1) is 0 Å². The van der Waals surface area contributed by atoms with Gasteiger partial charge in [0.25, 0.3) is 0 Å². The Kier molecular flexibility index (Phi) is 6.23. The maximum absolute atomic E-state index is 4.76. The Balaban J connectivity index is 1.34. The van der Waals surface area contributed by atoms with E-state index in [0.29, 0.717) is 0 Å². The molecule has 0 N–H and O–H groups in total. The number of imidazole rings is 1. The number of nitrogens with zero attached hydrogens (tertiary/aromatic N) is 3. The minimum absolute atomic E-state index is 0.935. The summed E-state index contributed by atoms with van der Waals surface area (Å²) < 4.78 is 4.59. The molecule has 0 fully saturated rings. The van der Waals surface area contributed by atoms with Crippen LogP contribution in [0.4, 0.5) is 0 Å². The lowest BCUT2D eigenvalue weighted by Crippen LogP contribution is -2.00. The molecule has 0 aliphatic heterocycles. The van der Waals surface area contributed by atoms with Crippen LogP contribution in [0.5, 0.6) is 0 Å². The van der Waals surface area contributed by atoms with E-state index < -0.39 is 0 Å². The van der Waals surface area contributed by atoms with Crippen LogP contribution in [0.2, 0.25) is 0 Å². The van der Waals surface area contributed by atoms with Crippen molar-refractivity contribution in [1.82, 2.24) is 14.1 Å². The molecule has 0 atom stereocenters.